The van der Waals surface area contributed by atoms with Gasteiger partial charge in [-0.3, -0.25) is 4.79 Å². The summed E-state index contributed by atoms with van der Waals surface area (Å²) < 4.78 is 0. The Morgan fingerprint density at radius 1 is 1.12 bits per heavy atom. The molecule has 0 N–H and O–H groups in total. The number of hydrogen-bond donors (Lipinski definition) is 0. The van der Waals surface area contributed by atoms with Gasteiger partial charge in [-0.05, 0) is 6.42 Å². The first-order valence-corrected chi connectivity index (χ1v) is 7.09. The van der Waals surface area contributed by atoms with Gasteiger partial charge < -0.3 is 0 Å². The molecule has 0 saturated carbocycles. The second kappa shape index (κ2) is 8.17. The molecule has 1 aliphatic rings. The van der Waals surface area contributed by atoms with Gasteiger partial charge in [0.15, 0.2) is 0 Å². The number of carbonyl (C=O) groups is 1. The molecule has 1 amide bonds. The number of aliphatic imine (C=N–C) groups is 1. The third kappa shape index (κ3) is 5.77. The van der Waals surface area contributed by atoms with Gasteiger partial charge in [0.25, 0.3) is 5.91 Å². The topological polar surface area (TPSA) is 54.1 Å². The molecule has 0 aliphatic carbocycles. The molecule has 1 heterocycles. The van der Waals surface area contributed by atoms with Crippen molar-refractivity contribution in [3.8, 4) is 0 Å². The Morgan fingerprint density at radius 2 is 1.82 bits per heavy atom. The Morgan fingerprint density at radius 3 is 2.53 bits per heavy atom. The molecule has 0 radical (unpaired) electrons. The maximum Gasteiger partial charge on any atom is 0.299 e. The minimum absolute atomic E-state index is 0.119. The molecule has 94 valence electrons. The summed E-state index contributed by atoms with van der Waals surface area (Å²) in [6.45, 7) is 5.66. The maximum atomic E-state index is 11.2. The van der Waals surface area contributed by atoms with Crippen LogP contribution < -0.4 is 0 Å². The second-order valence-electron chi connectivity index (χ2n) is 3.96. The normalized spacial score (nSPS) is 15.2. The third-order valence-electron chi connectivity index (χ3n) is 2.43. The van der Waals surface area contributed by atoms with Crippen molar-refractivity contribution in [3.05, 3.63) is 12.3 Å². The Bertz CT molecular complexity index is 337. The van der Waals surface area contributed by atoms with E-state index in [-0.39, 0.29) is 11.6 Å². The molecular weight excluding hydrogens is 234 g/mol. The van der Waals surface area contributed by atoms with Crippen molar-refractivity contribution in [1.82, 2.24) is 0 Å². The minimum Gasteiger partial charge on any atom is -0.265 e. The highest BCUT2D eigenvalue weighted by molar-refractivity contribution is 8.13. The molecule has 1 rings (SSSR count). The second-order valence-corrected chi connectivity index (χ2v) is 5.02. The lowest BCUT2D eigenvalue weighted by atomic mass is 10.1. The number of hydrogen-bond acceptors (Lipinski definition) is 4. The number of thioether (sulfide) groups is 1. The third-order valence-corrected chi connectivity index (χ3v) is 3.35. The van der Waals surface area contributed by atoms with E-state index in [4.69, 9.17) is 0 Å². The number of amides is 1. The van der Waals surface area contributed by atoms with E-state index in [1.54, 1.807) is 0 Å². The van der Waals surface area contributed by atoms with Crippen molar-refractivity contribution >= 4 is 22.8 Å². The van der Waals surface area contributed by atoms with Gasteiger partial charge in [0.2, 0.25) is 5.17 Å². The zero-order chi connectivity index (χ0) is 12.5. The molecule has 0 saturated heterocycles. The quantitative estimate of drug-likeness (QED) is 0.509. The highest BCUT2D eigenvalue weighted by Gasteiger charge is 2.12. The minimum atomic E-state index is -0.370. The SMILES string of the molecule is C=C1N=NC(SCCCCCCCC)=NC1=O. The molecule has 0 fully saturated rings. The molecule has 0 bridgehead atoms. The van der Waals surface area contributed by atoms with Gasteiger partial charge in [-0.2, -0.15) is 4.99 Å². The van der Waals surface area contributed by atoms with Crippen LogP contribution in [0.3, 0.4) is 0 Å². The smallest absolute Gasteiger partial charge is 0.265 e. The van der Waals surface area contributed by atoms with E-state index in [2.05, 4.69) is 28.7 Å². The van der Waals surface area contributed by atoms with Crippen LogP contribution in [0.25, 0.3) is 0 Å². The average Bonchev–Trinajstić information content (AvgIpc) is 2.32. The molecule has 0 atom stereocenters. The largest absolute Gasteiger partial charge is 0.299 e. The van der Waals surface area contributed by atoms with Crippen LogP contribution in [0.1, 0.15) is 45.4 Å². The van der Waals surface area contributed by atoms with Crippen molar-refractivity contribution in [2.75, 3.05) is 5.75 Å². The van der Waals surface area contributed by atoms with Gasteiger partial charge in [-0.25, -0.2) is 0 Å². The Balaban J connectivity index is 2.07. The van der Waals surface area contributed by atoms with Gasteiger partial charge in [0.1, 0.15) is 5.70 Å². The lowest BCUT2D eigenvalue weighted by Gasteiger charge is -2.04. The summed E-state index contributed by atoms with van der Waals surface area (Å²) in [5.74, 6) is 0.578. The van der Waals surface area contributed by atoms with Crippen LogP contribution in [-0.4, -0.2) is 16.8 Å². The zero-order valence-electron chi connectivity index (χ0n) is 10.3. The van der Waals surface area contributed by atoms with Crippen molar-refractivity contribution < 1.29 is 4.79 Å². The predicted octanol–water partition coefficient (Wildman–Crippen LogP) is 3.94. The number of azo groups is 1. The fourth-order valence-electron chi connectivity index (χ4n) is 1.43. The van der Waals surface area contributed by atoms with E-state index in [0.717, 1.165) is 12.2 Å². The van der Waals surface area contributed by atoms with Gasteiger partial charge in [-0.15, -0.1) is 10.2 Å². The van der Waals surface area contributed by atoms with Crippen molar-refractivity contribution in [3.63, 3.8) is 0 Å². The zero-order valence-corrected chi connectivity index (χ0v) is 11.1. The van der Waals surface area contributed by atoms with Crippen LogP contribution >= 0.6 is 11.8 Å². The number of unbranched alkanes of at least 4 members (excludes halogenated alkanes) is 5. The lowest BCUT2D eigenvalue weighted by molar-refractivity contribution is -0.114. The van der Waals surface area contributed by atoms with Gasteiger partial charge in [-0.1, -0.05) is 57.4 Å². The Kier molecular flexibility index (Phi) is 6.77. The summed E-state index contributed by atoms with van der Waals surface area (Å²) in [4.78, 5) is 14.9. The van der Waals surface area contributed by atoms with E-state index < -0.39 is 0 Å². The standard InChI is InChI=1S/C12H19N3OS/c1-3-4-5-6-7-8-9-17-12-13-11(16)10(2)14-15-12/h2-9H2,1H3. The van der Waals surface area contributed by atoms with Crippen LogP contribution in [0.15, 0.2) is 27.5 Å². The van der Waals surface area contributed by atoms with Gasteiger partial charge >= 0.3 is 0 Å². The summed E-state index contributed by atoms with van der Waals surface area (Å²) in [5.41, 5.74) is 0.119. The molecule has 0 aromatic carbocycles. The van der Waals surface area contributed by atoms with Gasteiger partial charge in [0, 0.05) is 5.75 Å². The molecule has 0 unspecified atom stereocenters. The van der Waals surface area contributed by atoms with E-state index in [1.807, 2.05) is 0 Å². The van der Waals surface area contributed by atoms with E-state index >= 15 is 0 Å². The molecule has 0 aromatic rings. The fourth-order valence-corrected chi connectivity index (χ4v) is 2.20. The van der Waals surface area contributed by atoms with E-state index in [9.17, 15) is 4.79 Å². The summed E-state index contributed by atoms with van der Waals surface area (Å²) in [5, 5.41) is 7.96. The van der Waals surface area contributed by atoms with Crippen LogP contribution in [0, 0.1) is 0 Å². The average molecular weight is 253 g/mol. The summed E-state index contributed by atoms with van der Waals surface area (Å²) in [7, 11) is 0. The molecule has 5 heteroatoms. The van der Waals surface area contributed by atoms with Crippen molar-refractivity contribution in [1.29, 1.82) is 0 Å². The van der Waals surface area contributed by atoms with Crippen LogP contribution in [-0.2, 0) is 4.79 Å². The summed E-state index contributed by atoms with van der Waals surface area (Å²) in [6.07, 6.45) is 7.58. The first-order valence-electron chi connectivity index (χ1n) is 6.10. The summed E-state index contributed by atoms with van der Waals surface area (Å²) in [6, 6.07) is 0. The van der Waals surface area contributed by atoms with E-state index in [1.165, 1.54) is 43.9 Å². The van der Waals surface area contributed by atoms with E-state index in [0.29, 0.717) is 5.17 Å². The molecular formula is C12H19N3OS. The number of amidine groups is 1. The fraction of sp³-hybridized carbons (Fsp3) is 0.667. The predicted molar refractivity (Wildman–Crippen MR) is 72.3 cm³/mol. The van der Waals surface area contributed by atoms with Gasteiger partial charge in [0.05, 0.1) is 0 Å². The molecule has 17 heavy (non-hydrogen) atoms. The highest BCUT2D eigenvalue weighted by atomic mass is 32.2. The number of nitrogens with zero attached hydrogens (tertiary/aromatic N) is 3. The monoisotopic (exact) mass is 253 g/mol. The first kappa shape index (κ1) is 14.1. The molecule has 4 nitrogen and oxygen atoms in total. The van der Waals surface area contributed by atoms with Crippen LogP contribution in [0.4, 0.5) is 0 Å². The van der Waals surface area contributed by atoms with Crippen molar-refractivity contribution in [2.45, 2.75) is 45.4 Å². The number of carbonyl (C=O) groups excluding carboxylic acids is 1. The number of rotatable bonds is 7. The van der Waals surface area contributed by atoms with Crippen LogP contribution in [0.2, 0.25) is 0 Å². The molecule has 0 spiro atoms. The lowest BCUT2D eigenvalue weighted by Crippen LogP contribution is -2.04. The maximum absolute atomic E-state index is 11.2. The van der Waals surface area contributed by atoms with Crippen molar-refractivity contribution in [2.24, 2.45) is 15.2 Å². The molecule has 1 aliphatic heterocycles. The van der Waals surface area contributed by atoms with Crippen LogP contribution in [0.5, 0.6) is 0 Å². The Labute approximate surface area is 107 Å². The first-order chi connectivity index (χ1) is 8.24. The highest BCUT2D eigenvalue weighted by Crippen LogP contribution is 2.16. The Hall–Kier alpha value is -0.970. The molecule has 0 aromatic heterocycles. The summed E-state index contributed by atoms with van der Waals surface area (Å²) >= 11 is 1.49.